The first-order chi connectivity index (χ1) is 10.6. The molecule has 1 saturated heterocycles. The van der Waals surface area contributed by atoms with Crippen LogP contribution in [-0.4, -0.2) is 34.5 Å². The van der Waals surface area contributed by atoms with Crippen LogP contribution in [0.25, 0.3) is 11.1 Å². The quantitative estimate of drug-likeness (QED) is 0.946. The van der Waals surface area contributed by atoms with Crippen molar-refractivity contribution in [3.05, 3.63) is 60.2 Å². The normalized spacial score (nSPS) is 17.7. The number of carbonyl (C=O) groups excluding carboxylic acids is 1. The maximum Gasteiger partial charge on any atom is 0.407 e. The number of carboxylic acid groups (broad SMARTS) is 1. The van der Waals surface area contributed by atoms with Gasteiger partial charge in [0.2, 0.25) is 0 Å². The van der Waals surface area contributed by atoms with Crippen LogP contribution >= 0.6 is 0 Å². The molecule has 112 valence electrons. The minimum atomic E-state index is -1.02. The molecule has 0 bridgehead atoms. The highest BCUT2D eigenvalue weighted by atomic mass is 16.4. The van der Waals surface area contributed by atoms with Gasteiger partial charge in [-0.15, -0.1) is 0 Å². The van der Waals surface area contributed by atoms with E-state index in [9.17, 15) is 14.7 Å². The molecule has 1 amide bonds. The maximum absolute atomic E-state index is 11.9. The van der Waals surface area contributed by atoms with Crippen molar-refractivity contribution in [2.45, 2.75) is 18.9 Å². The summed E-state index contributed by atoms with van der Waals surface area (Å²) in [7, 11) is 0. The highest BCUT2D eigenvalue weighted by molar-refractivity contribution is 5.90. The number of amides is 1. The molecule has 1 aliphatic rings. The first kappa shape index (κ1) is 14.3. The van der Waals surface area contributed by atoms with Gasteiger partial charge >= 0.3 is 6.09 Å². The standard InChI is InChI=1S/C18H17NO3/c20-17-9-10-19(18(21)22)16(17)12-13-5-4-8-15(11-13)14-6-2-1-3-7-14/h1-8,11,16H,9-10,12H2,(H,21,22). The van der Waals surface area contributed by atoms with Gasteiger partial charge in [0.25, 0.3) is 0 Å². The zero-order chi connectivity index (χ0) is 15.5. The first-order valence-corrected chi connectivity index (χ1v) is 7.32. The van der Waals surface area contributed by atoms with E-state index in [0.29, 0.717) is 19.4 Å². The summed E-state index contributed by atoms with van der Waals surface area (Å²) in [4.78, 5) is 24.4. The third-order valence-electron chi connectivity index (χ3n) is 4.06. The lowest BCUT2D eigenvalue weighted by atomic mass is 9.98. The zero-order valence-electron chi connectivity index (χ0n) is 12.1. The van der Waals surface area contributed by atoms with E-state index in [1.54, 1.807) is 0 Å². The molecular weight excluding hydrogens is 278 g/mol. The highest BCUT2D eigenvalue weighted by Crippen LogP contribution is 2.23. The molecular formula is C18H17NO3. The molecule has 0 aliphatic carbocycles. The van der Waals surface area contributed by atoms with Gasteiger partial charge in [-0.3, -0.25) is 9.69 Å². The molecule has 1 fully saturated rings. The molecule has 1 unspecified atom stereocenters. The summed E-state index contributed by atoms with van der Waals surface area (Å²) in [6.07, 6.45) is -0.267. The number of benzene rings is 2. The minimum absolute atomic E-state index is 0.00696. The fraction of sp³-hybridized carbons (Fsp3) is 0.222. The Hall–Kier alpha value is -2.62. The molecule has 1 N–H and O–H groups in total. The lowest BCUT2D eigenvalue weighted by Crippen LogP contribution is -2.38. The van der Waals surface area contributed by atoms with Crippen LogP contribution in [0, 0.1) is 0 Å². The summed E-state index contributed by atoms with van der Waals surface area (Å²) < 4.78 is 0. The Morgan fingerprint density at radius 3 is 2.55 bits per heavy atom. The topological polar surface area (TPSA) is 57.6 Å². The molecule has 0 radical (unpaired) electrons. The van der Waals surface area contributed by atoms with Crippen LogP contribution in [0.5, 0.6) is 0 Å². The molecule has 4 heteroatoms. The molecule has 2 aromatic rings. The zero-order valence-corrected chi connectivity index (χ0v) is 12.1. The van der Waals surface area contributed by atoms with E-state index >= 15 is 0 Å². The van der Waals surface area contributed by atoms with Gasteiger partial charge in [0.1, 0.15) is 0 Å². The number of carbonyl (C=O) groups is 2. The van der Waals surface area contributed by atoms with E-state index in [2.05, 4.69) is 0 Å². The van der Waals surface area contributed by atoms with E-state index in [4.69, 9.17) is 0 Å². The van der Waals surface area contributed by atoms with E-state index < -0.39 is 12.1 Å². The van der Waals surface area contributed by atoms with Crippen molar-refractivity contribution in [1.29, 1.82) is 0 Å². The Kier molecular flexibility index (Phi) is 3.92. The molecule has 22 heavy (non-hydrogen) atoms. The van der Waals surface area contributed by atoms with Crippen molar-refractivity contribution in [3.63, 3.8) is 0 Å². The second-order valence-corrected chi connectivity index (χ2v) is 5.48. The summed E-state index contributed by atoms with van der Waals surface area (Å²) in [5.74, 6) is 0.00696. The van der Waals surface area contributed by atoms with E-state index in [1.165, 1.54) is 4.90 Å². The van der Waals surface area contributed by atoms with E-state index in [0.717, 1.165) is 16.7 Å². The van der Waals surface area contributed by atoms with Crippen LogP contribution in [0.1, 0.15) is 12.0 Å². The summed E-state index contributed by atoms with van der Waals surface area (Å²) >= 11 is 0. The van der Waals surface area contributed by atoms with Gasteiger partial charge in [0, 0.05) is 19.4 Å². The maximum atomic E-state index is 11.9. The Labute approximate surface area is 129 Å². The van der Waals surface area contributed by atoms with E-state index in [-0.39, 0.29) is 5.78 Å². The van der Waals surface area contributed by atoms with Crippen LogP contribution in [-0.2, 0) is 11.2 Å². The number of nitrogens with zero attached hydrogens (tertiary/aromatic N) is 1. The van der Waals surface area contributed by atoms with Crippen molar-refractivity contribution in [1.82, 2.24) is 4.90 Å². The van der Waals surface area contributed by atoms with Crippen LogP contribution in [0.4, 0.5) is 4.79 Å². The van der Waals surface area contributed by atoms with Crippen LogP contribution in [0.15, 0.2) is 54.6 Å². The predicted octanol–water partition coefficient (Wildman–Crippen LogP) is 3.22. The van der Waals surface area contributed by atoms with Crippen molar-refractivity contribution in [2.75, 3.05) is 6.54 Å². The molecule has 4 nitrogen and oxygen atoms in total. The van der Waals surface area contributed by atoms with Crippen molar-refractivity contribution in [3.8, 4) is 11.1 Å². The number of rotatable bonds is 3. The first-order valence-electron chi connectivity index (χ1n) is 7.32. The van der Waals surface area contributed by atoms with Crippen molar-refractivity contribution >= 4 is 11.9 Å². The van der Waals surface area contributed by atoms with Crippen LogP contribution in [0.3, 0.4) is 0 Å². The number of hydrogen-bond donors (Lipinski definition) is 1. The lowest BCUT2D eigenvalue weighted by molar-refractivity contribution is -0.119. The van der Waals surface area contributed by atoms with Crippen LogP contribution in [0.2, 0.25) is 0 Å². The summed E-state index contributed by atoms with van der Waals surface area (Å²) in [6, 6.07) is 17.4. The molecule has 1 aliphatic heterocycles. The SMILES string of the molecule is O=C1CCN(C(=O)O)C1Cc1cccc(-c2ccccc2)c1. The lowest BCUT2D eigenvalue weighted by Gasteiger charge is -2.20. The van der Waals surface area contributed by atoms with Crippen molar-refractivity contribution < 1.29 is 14.7 Å². The monoisotopic (exact) mass is 295 g/mol. The average Bonchev–Trinajstić information content (AvgIpc) is 2.90. The van der Waals surface area contributed by atoms with Gasteiger partial charge in [-0.05, 0) is 16.7 Å². The Bertz CT molecular complexity index is 696. The Morgan fingerprint density at radius 1 is 1.09 bits per heavy atom. The molecule has 0 spiro atoms. The Morgan fingerprint density at radius 2 is 1.82 bits per heavy atom. The molecule has 3 rings (SSSR count). The van der Waals surface area contributed by atoms with Gasteiger partial charge < -0.3 is 5.11 Å². The predicted molar refractivity (Wildman–Crippen MR) is 83.7 cm³/mol. The molecule has 0 aromatic heterocycles. The summed E-state index contributed by atoms with van der Waals surface area (Å²) in [5, 5.41) is 9.19. The largest absolute Gasteiger partial charge is 0.465 e. The molecule has 2 aromatic carbocycles. The second kappa shape index (κ2) is 6.02. The minimum Gasteiger partial charge on any atom is -0.465 e. The van der Waals surface area contributed by atoms with E-state index in [1.807, 2.05) is 54.6 Å². The van der Waals surface area contributed by atoms with Gasteiger partial charge in [-0.1, -0.05) is 54.6 Å². The third kappa shape index (κ3) is 2.86. The van der Waals surface area contributed by atoms with Gasteiger partial charge in [-0.2, -0.15) is 0 Å². The average molecular weight is 295 g/mol. The van der Waals surface area contributed by atoms with Crippen LogP contribution < -0.4 is 0 Å². The number of likely N-dealkylation sites (tertiary alicyclic amines) is 1. The van der Waals surface area contributed by atoms with Gasteiger partial charge in [0.15, 0.2) is 5.78 Å². The van der Waals surface area contributed by atoms with Gasteiger partial charge in [0.05, 0.1) is 6.04 Å². The van der Waals surface area contributed by atoms with Crippen molar-refractivity contribution in [2.24, 2.45) is 0 Å². The number of hydrogen-bond acceptors (Lipinski definition) is 2. The fourth-order valence-electron chi connectivity index (χ4n) is 2.91. The molecule has 1 heterocycles. The Balaban J connectivity index is 1.84. The molecule has 0 saturated carbocycles. The van der Waals surface area contributed by atoms with Gasteiger partial charge in [-0.25, -0.2) is 4.79 Å². The highest BCUT2D eigenvalue weighted by Gasteiger charge is 2.35. The number of Topliss-reactive ketones (excluding diaryl/α,β-unsaturated/α-hetero) is 1. The summed E-state index contributed by atoms with van der Waals surface area (Å²) in [5.41, 5.74) is 3.16. The molecule has 1 atom stereocenters. The third-order valence-corrected chi connectivity index (χ3v) is 4.06. The fourth-order valence-corrected chi connectivity index (χ4v) is 2.91. The number of ketones is 1. The second-order valence-electron chi connectivity index (χ2n) is 5.48. The summed E-state index contributed by atoms with van der Waals surface area (Å²) in [6.45, 7) is 0.303. The smallest absolute Gasteiger partial charge is 0.407 e.